The fourth-order valence-corrected chi connectivity index (χ4v) is 1.98. The van der Waals surface area contributed by atoms with Gasteiger partial charge in [-0.1, -0.05) is 11.8 Å². The van der Waals surface area contributed by atoms with E-state index in [9.17, 15) is 30.2 Å². The average Bonchev–Trinajstić information content (AvgIpc) is 2.35. The highest BCUT2D eigenvalue weighted by Crippen LogP contribution is 2.31. The Bertz CT molecular complexity index is 492. The van der Waals surface area contributed by atoms with Crippen LogP contribution in [0.3, 0.4) is 0 Å². The number of benzene rings is 1. The number of nitrogens with zero attached hydrogens (tertiary/aromatic N) is 1. The summed E-state index contributed by atoms with van der Waals surface area (Å²) in [7, 11) is 0. The highest BCUT2D eigenvalue weighted by atomic mass is 32.2. The first-order chi connectivity index (χ1) is 8.82. The summed E-state index contributed by atoms with van der Waals surface area (Å²) in [5.74, 6) is -0.427. The minimum Gasteiger partial charge on any atom is -0.508 e. The van der Waals surface area contributed by atoms with Crippen molar-refractivity contribution in [2.45, 2.75) is 19.1 Å². The van der Waals surface area contributed by atoms with Gasteiger partial charge in [-0.05, 0) is 6.07 Å². The lowest BCUT2D eigenvalue weighted by Gasteiger charge is -2.18. The quantitative estimate of drug-likeness (QED) is 0.545. The van der Waals surface area contributed by atoms with Crippen LogP contribution in [0, 0.1) is 10.1 Å². The van der Waals surface area contributed by atoms with Crippen LogP contribution >= 0.6 is 11.8 Å². The molecule has 1 aromatic rings. The first-order valence-electron chi connectivity index (χ1n) is 5.29. The van der Waals surface area contributed by atoms with Crippen molar-refractivity contribution in [2.24, 2.45) is 0 Å². The Kier molecular flexibility index (Phi) is 5.28. The van der Waals surface area contributed by atoms with Crippen LogP contribution in [-0.4, -0.2) is 37.2 Å². The van der Waals surface area contributed by atoms with Crippen molar-refractivity contribution in [2.75, 3.05) is 5.75 Å². The minimum atomic E-state index is -1.51. The number of phenols is 1. The zero-order valence-corrected chi connectivity index (χ0v) is 10.8. The molecule has 0 aliphatic rings. The molecule has 0 fully saturated rings. The lowest BCUT2D eigenvalue weighted by Crippen LogP contribution is -2.21. The maximum absolute atomic E-state index is 10.7. The predicted molar refractivity (Wildman–Crippen MR) is 68.9 cm³/mol. The van der Waals surface area contributed by atoms with Gasteiger partial charge in [0.05, 0.1) is 11.0 Å². The Morgan fingerprint density at radius 1 is 1.47 bits per heavy atom. The maximum Gasteiger partial charge on any atom is 0.270 e. The van der Waals surface area contributed by atoms with Gasteiger partial charge in [-0.15, -0.1) is 0 Å². The van der Waals surface area contributed by atoms with Crippen LogP contribution in [0.15, 0.2) is 18.2 Å². The molecule has 104 valence electrons. The van der Waals surface area contributed by atoms with E-state index in [4.69, 9.17) is 0 Å². The average molecular weight is 287 g/mol. The van der Waals surface area contributed by atoms with E-state index in [2.05, 4.69) is 0 Å². The van der Waals surface area contributed by atoms with Gasteiger partial charge in [-0.2, -0.15) is 0 Å². The van der Waals surface area contributed by atoms with E-state index in [1.165, 1.54) is 6.92 Å². The number of aliphatic hydroxyl groups excluding tert-OH is 2. The van der Waals surface area contributed by atoms with Gasteiger partial charge in [0, 0.05) is 30.4 Å². The van der Waals surface area contributed by atoms with Gasteiger partial charge in [0.15, 0.2) is 5.12 Å². The highest BCUT2D eigenvalue weighted by molar-refractivity contribution is 8.13. The molecule has 0 aliphatic carbocycles. The Morgan fingerprint density at radius 2 is 2.11 bits per heavy atom. The Morgan fingerprint density at radius 3 is 2.63 bits per heavy atom. The molecule has 1 rings (SSSR count). The topological polar surface area (TPSA) is 121 Å². The molecule has 0 spiro atoms. The summed E-state index contributed by atoms with van der Waals surface area (Å²) in [6.45, 7) is 1.31. The number of nitro benzene ring substituents is 1. The van der Waals surface area contributed by atoms with Crippen molar-refractivity contribution in [3.63, 3.8) is 0 Å². The molecule has 0 saturated heterocycles. The number of carbonyl (C=O) groups excluding carboxylic acids is 1. The van der Waals surface area contributed by atoms with Crippen LogP contribution < -0.4 is 0 Å². The Labute approximate surface area is 113 Å². The van der Waals surface area contributed by atoms with Crippen molar-refractivity contribution >= 4 is 22.6 Å². The number of aromatic hydroxyl groups is 1. The third-order valence-corrected chi connectivity index (χ3v) is 3.28. The second-order valence-electron chi connectivity index (χ2n) is 3.81. The van der Waals surface area contributed by atoms with E-state index in [1.54, 1.807) is 0 Å². The number of phenolic OH excluding ortho intramolecular Hbond substituents is 1. The molecule has 19 heavy (non-hydrogen) atoms. The number of hydrogen-bond donors (Lipinski definition) is 3. The van der Waals surface area contributed by atoms with E-state index in [-0.39, 0.29) is 27.9 Å². The summed E-state index contributed by atoms with van der Waals surface area (Å²) in [5.41, 5.74) is -0.455. The van der Waals surface area contributed by atoms with E-state index in [1.807, 2.05) is 0 Å². The zero-order valence-electron chi connectivity index (χ0n) is 10.0. The highest BCUT2D eigenvalue weighted by Gasteiger charge is 2.24. The van der Waals surface area contributed by atoms with Gasteiger partial charge in [-0.25, -0.2) is 0 Å². The Hall–Kier alpha value is -1.64. The van der Waals surface area contributed by atoms with Crippen molar-refractivity contribution < 1.29 is 25.0 Å². The molecule has 0 radical (unpaired) electrons. The molecular formula is C11H13NO6S. The number of non-ortho nitro benzene ring substituents is 1. The Balaban J connectivity index is 2.91. The van der Waals surface area contributed by atoms with Crippen LogP contribution in [0.25, 0.3) is 0 Å². The molecule has 0 saturated carbocycles. The summed E-state index contributed by atoms with van der Waals surface area (Å²) < 4.78 is 0. The third-order valence-electron chi connectivity index (χ3n) is 2.36. The molecule has 3 N–H and O–H groups in total. The second-order valence-corrected chi connectivity index (χ2v) is 5.01. The molecule has 0 aliphatic heterocycles. The number of carbonyl (C=O) groups is 1. The van der Waals surface area contributed by atoms with Crippen LogP contribution in [0.5, 0.6) is 5.75 Å². The van der Waals surface area contributed by atoms with Crippen LogP contribution in [0.4, 0.5) is 5.69 Å². The number of aliphatic hydroxyl groups is 2. The monoisotopic (exact) mass is 287 g/mol. The minimum absolute atomic E-state index is 0.0708. The lowest BCUT2D eigenvalue weighted by molar-refractivity contribution is -0.385. The molecule has 2 unspecified atom stereocenters. The van der Waals surface area contributed by atoms with Gasteiger partial charge >= 0.3 is 0 Å². The predicted octanol–water partition coefficient (Wildman–Crippen LogP) is 0.974. The smallest absolute Gasteiger partial charge is 0.270 e. The summed E-state index contributed by atoms with van der Waals surface area (Å²) in [5, 5.41) is 39.4. The van der Waals surface area contributed by atoms with Crippen molar-refractivity contribution in [1.29, 1.82) is 0 Å². The maximum atomic E-state index is 10.7. The van der Waals surface area contributed by atoms with Gasteiger partial charge in [0.1, 0.15) is 11.9 Å². The van der Waals surface area contributed by atoms with E-state index < -0.39 is 17.1 Å². The summed E-state index contributed by atoms with van der Waals surface area (Å²) >= 11 is 0.814. The summed E-state index contributed by atoms with van der Waals surface area (Å²) in [6.07, 6.45) is -2.83. The number of thioether (sulfide) groups is 1. The molecule has 8 heteroatoms. The zero-order chi connectivity index (χ0) is 14.6. The molecular weight excluding hydrogens is 274 g/mol. The lowest BCUT2D eigenvalue weighted by atomic mass is 10.0. The van der Waals surface area contributed by atoms with E-state index in [0.717, 1.165) is 30.0 Å². The number of rotatable bonds is 5. The number of hydrogen-bond acceptors (Lipinski definition) is 7. The van der Waals surface area contributed by atoms with Crippen LogP contribution in [0.1, 0.15) is 18.6 Å². The standard InChI is InChI=1S/C11H13NO6S/c1-6(13)19-5-10(15)11(16)8-4-7(12(17)18)2-3-9(8)14/h2-4,10-11,14-16H,5H2,1H3. The first kappa shape index (κ1) is 15.4. The first-order valence-corrected chi connectivity index (χ1v) is 6.28. The van der Waals surface area contributed by atoms with Crippen LogP contribution in [0.2, 0.25) is 0 Å². The van der Waals surface area contributed by atoms with Gasteiger partial charge in [0.25, 0.3) is 5.69 Å². The SMILES string of the molecule is CC(=O)SCC(O)C(O)c1cc([N+](=O)[O-])ccc1O. The van der Waals surface area contributed by atoms with Crippen LogP contribution in [-0.2, 0) is 4.79 Å². The van der Waals surface area contributed by atoms with Gasteiger partial charge in [0.2, 0.25) is 0 Å². The molecule has 0 aromatic heterocycles. The summed E-state index contributed by atoms with van der Waals surface area (Å²) in [6, 6.07) is 3.14. The summed E-state index contributed by atoms with van der Waals surface area (Å²) in [4.78, 5) is 20.7. The van der Waals surface area contributed by atoms with E-state index in [0.29, 0.717) is 0 Å². The molecule has 0 heterocycles. The molecule has 0 amide bonds. The number of nitro groups is 1. The fraction of sp³-hybridized carbons (Fsp3) is 0.364. The van der Waals surface area contributed by atoms with Gasteiger partial charge in [-0.3, -0.25) is 14.9 Å². The van der Waals surface area contributed by atoms with E-state index >= 15 is 0 Å². The normalized spacial score (nSPS) is 13.8. The fourth-order valence-electron chi connectivity index (χ4n) is 1.39. The van der Waals surface area contributed by atoms with Crippen molar-refractivity contribution in [3.8, 4) is 5.75 Å². The van der Waals surface area contributed by atoms with Crippen molar-refractivity contribution in [1.82, 2.24) is 0 Å². The molecule has 1 aromatic carbocycles. The molecule has 2 atom stereocenters. The van der Waals surface area contributed by atoms with Gasteiger partial charge < -0.3 is 15.3 Å². The molecule has 7 nitrogen and oxygen atoms in total. The third kappa shape index (κ3) is 4.19. The largest absolute Gasteiger partial charge is 0.508 e. The van der Waals surface area contributed by atoms with Crippen molar-refractivity contribution in [3.05, 3.63) is 33.9 Å². The second kappa shape index (κ2) is 6.50. The molecule has 0 bridgehead atoms.